The quantitative estimate of drug-likeness (QED) is 0.726. The van der Waals surface area contributed by atoms with E-state index in [0.29, 0.717) is 12.5 Å². The van der Waals surface area contributed by atoms with Crippen molar-refractivity contribution in [3.63, 3.8) is 0 Å². The van der Waals surface area contributed by atoms with Gasteiger partial charge in [0.25, 0.3) is 5.91 Å². The maximum atomic E-state index is 13.3. The van der Waals surface area contributed by atoms with Crippen LogP contribution in [-0.2, 0) is 9.53 Å². The van der Waals surface area contributed by atoms with Crippen molar-refractivity contribution in [2.45, 2.75) is 65.1 Å². The Hall–Kier alpha value is -2.07. The highest BCUT2D eigenvalue weighted by molar-refractivity contribution is 6.06. The second-order valence-corrected chi connectivity index (χ2v) is 7.91. The molecular formula is C23H31NO3. The van der Waals surface area contributed by atoms with Crippen molar-refractivity contribution < 1.29 is 14.3 Å². The smallest absolute Gasteiger partial charge is 0.256 e. The third-order valence-corrected chi connectivity index (χ3v) is 5.29. The Labute approximate surface area is 162 Å². The number of carbonyl (C=O) groups excluding carboxylic acids is 1. The average Bonchev–Trinajstić information content (AvgIpc) is 2.63. The zero-order chi connectivity index (χ0) is 19.4. The van der Waals surface area contributed by atoms with Gasteiger partial charge in [-0.3, -0.25) is 4.79 Å². The van der Waals surface area contributed by atoms with Crippen LogP contribution in [0.15, 0.2) is 36.4 Å². The molecule has 1 saturated carbocycles. The van der Waals surface area contributed by atoms with E-state index in [2.05, 4.69) is 12.2 Å². The number of rotatable bonds is 6. The molecule has 27 heavy (non-hydrogen) atoms. The van der Waals surface area contributed by atoms with E-state index in [-0.39, 0.29) is 12.0 Å². The van der Waals surface area contributed by atoms with Crippen LogP contribution < -0.4 is 10.1 Å². The van der Waals surface area contributed by atoms with E-state index in [1.165, 1.54) is 0 Å². The van der Waals surface area contributed by atoms with Gasteiger partial charge < -0.3 is 14.8 Å². The zero-order valence-electron chi connectivity index (χ0n) is 16.9. The minimum absolute atomic E-state index is 0.0291. The molecule has 2 aromatic rings. The normalized spacial score (nSPS) is 22.8. The van der Waals surface area contributed by atoms with E-state index in [9.17, 15) is 4.79 Å². The predicted octanol–water partition coefficient (Wildman–Crippen LogP) is 5.55. The molecular weight excluding hydrogens is 338 g/mol. The monoisotopic (exact) mass is 369 g/mol. The minimum atomic E-state index is -0.722. The molecule has 146 valence electrons. The Kier molecular flexibility index (Phi) is 6.05. The maximum absolute atomic E-state index is 13.3. The molecule has 3 rings (SSSR count). The number of hydrogen-bond donors (Lipinski definition) is 1. The summed E-state index contributed by atoms with van der Waals surface area (Å²) in [6.07, 6.45) is 3.84. The molecule has 0 unspecified atom stereocenters. The van der Waals surface area contributed by atoms with Crippen molar-refractivity contribution in [2.24, 2.45) is 5.92 Å². The summed E-state index contributed by atoms with van der Waals surface area (Å²) in [4.78, 5) is 13.3. The molecule has 0 heterocycles. The van der Waals surface area contributed by atoms with E-state index >= 15 is 0 Å². The second-order valence-electron chi connectivity index (χ2n) is 7.91. The molecule has 0 aliphatic heterocycles. The molecule has 0 radical (unpaired) electrons. The highest BCUT2D eigenvalue weighted by Crippen LogP contribution is 2.38. The summed E-state index contributed by atoms with van der Waals surface area (Å²) in [5.41, 5.74) is 0.0877. The van der Waals surface area contributed by atoms with Crippen LogP contribution in [-0.4, -0.2) is 24.2 Å². The summed E-state index contributed by atoms with van der Waals surface area (Å²) >= 11 is 0. The molecule has 1 aliphatic rings. The van der Waals surface area contributed by atoms with Gasteiger partial charge in [0.1, 0.15) is 11.4 Å². The van der Waals surface area contributed by atoms with Crippen molar-refractivity contribution in [3.05, 3.63) is 36.4 Å². The van der Waals surface area contributed by atoms with Crippen LogP contribution in [0, 0.1) is 5.92 Å². The van der Waals surface area contributed by atoms with Gasteiger partial charge in [-0.25, -0.2) is 0 Å². The predicted molar refractivity (Wildman–Crippen MR) is 110 cm³/mol. The van der Waals surface area contributed by atoms with E-state index in [1.807, 2.05) is 57.2 Å². The maximum Gasteiger partial charge on any atom is 0.256 e. The molecule has 0 spiro atoms. The second kappa shape index (κ2) is 8.30. The Morgan fingerprint density at radius 3 is 2.63 bits per heavy atom. The Bertz CT molecular complexity index is 797. The van der Waals surface area contributed by atoms with Gasteiger partial charge in [-0.1, -0.05) is 37.6 Å². The van der Waals surface area contributed by atoms with Crippen LogP contribution in [0.25, 0.3) is 10.8 Å². The van der Waals surface area contributed by atoms with Crippen LogP contribution in [0.5, 0.6) is 5.75 Å². The van der Waals surface area contributed by atoms with Gasteiger partial charge in [-0.15, -0.1) is 0 Å². The van der Waals surface area contributed by atoms with Crippen molar-refractivity contribution in [1.82, 2.24) is 0 Å². The molecule has 4 heteroatoms. The number of benzene rings is 2. The summed E-state index contributed by atoms with van der Waals surface area (Å²) in [6.45, 7) is 8.73. The highest BCUT2D eigenvalue weighted by atomic mass is 16.5. The van der Waals surface area contributed by atoms with E-state index in [0.717, 1.165) is 47.9 Å². The van der Waals surface area contributed by atoms with Crippen molar-refractivity contribution in [1.29, 1.82) is 0 Å². The summed E-state index contributed by atoms with van der Waals surface area (Å²) < 4.78 is 12.0. The molecule has 0 aromatic heterocycles. The highest BCUT2D eigenvalue weighted by Gasteiger charge is 2.42. The first-order valence-electron chi connectivity index (χ1n) is 10.1. The summed E-state index contributed by atoms with van der Waals surface area (Å²) in [5, 5.41) is 5.15. The number of carbonyl (C=O) groups is 1. The molecule has 4 nitrogen and oxygen atoms in total. The SMILES string of the molecule is CCO[C@@]1(C(=O)Nc2ccc(OC(C)C)c3ccccc23)CCC[C@@H](C)C1. The first-order valence-corrected chi connectivity index (χ1v) is 10.1. The Morgan fingerprint density at radius 1 is 1.22 bits per heavy atom. The van der Waals surface area contributed by atoms with Crippen molar-refractivity contribution >= 4 is 22.4 Å². The van der Waals surface area contributed by atoms with Crippen LogP contribution >= 0.6 is 0 Å². The third kappa shape index (κ3) is 4.27. The van der Waals surface area contributed by atoms with E-state index in [1.54, 1.807) is 0 Å². The molecule has 2 aromatic carbocycles. The first kappa shape index (κ1) is 19.7. The topological polar surface area (TPSA) is 47.6 Å². The first-order chi connectivity index (χ1) is 12.9. The fourth-order valence-electron chi connectivity index (χ4n) is 4.16. The van der Waals surface area contributed by atoms with E-state index in [4.69, 9.17) is 9.47 Å². The lowest BCUT2D eigenvalue weighted by Gasteiger charge is -2.38. The zero-order valence-corrected chi connectivity index (χ0v) is 16.9. The molecule has 2 atom stereocenters. The van der Waals surface area contributed by atoms with Gasteiger partial charge in [-0.2, -0.15) is 0 Å². The van der Waals surface area contributed by atoms with Crippen molar-refractivity contribution in [2.75, 3.05) is 11.9 Å². The third-order valence-electron chi connectivity index (χ3n) is 5.29. The van der Waals surface area contributed by atoms with Gasteiger partial charge in [0.15, 0.2) is 0 Å². The molecule has 1 fully saturated rings. The standard InChI is InChI=1S/C23H31NO3/c1-5-26-23(14-8-9-17(4)15-23)22(25)24-20-12-13-21(27-16(2)3)19-11-7-6-10-18(19)20/h6-7,10-13,16-17H,5,8-9,14-15H2,1-4H3,(H,24,25)/t17-,23+/m1/s1. The molecule has 0 saturated heterocycles. The lowest BCUT2D eigenvalue weighted by Crippen LogP contribution is -2.48. The summed E-state index contributed by atoms with van der Waals surface area (Å²) in [6, 6.07) is 11.9. The molecule has 1 amide bonds. The summed E-state index contributed by atoms with van der Waals surface area (Å²) in [7, 11) is 0. The van der Waals surface area contributed by atoms with Gasteiger partial charge in [0, 0.05) is 23.1 Å². The van der Waals surface area contributed by atoms with E-state index < -0.39 is 5.60 Å². The summed E-state index contributed by atoms with van der Waals surface area (Å²) in [5.74, 6) is 1.30. The van der Waals surface area contributed by atoms with Crippen LogP contribution in [0.3, 0.4) is 0 Å². The average molecular weight is 370 g/mol. The van der Waals surface area contributed by atoms with Crippen LogP contribution in [0.4, 0.5) is 5.69 Å². The van der Waals surface area contributed by atoms with Crippen LogP contribution in [0.1, 0.15) is 53.4 Å². The Balaban J connectivity index is 1.92. The molecule has 1 N–H and O–H groups in total. The lowest BCUT2D eigenvalue weighted by molar-refractivity contribution is -0.147. The van der Waals surface area contributed by atoms with Gasteiger partial charge in [0.2, 0.25) is 0 Å². The number of fused-ring (bicyclic) bond motifs is 1. The van der Waals surface area contributed by atoms with Gasteiger partial charge in [0.05, 0.1) is 6.10 Å². The number of amides is 1. The molecule has 1 aliphatic carbocycles. The fraction of sp³-hybridized carbons (Fsp3) is 0.522. The number of nitrogens with one attached hydrogen (secondary N) is 1. The van der Waals surface area contributed by atoms with Gasteiger partial charge in [-0.05, 0) is 58.1 Å². The largest absolute Gasteiger partial charge is 0.490 e. The number of ether oxygens (including phenoxy) is 2. The number of hydrogen-bond acceptors (Lipinski definition) is 3. The van der Waals surface area contributed by atoms with Crippen LogP contribution in [0.2, 0.25) is 0 Å². The Morgan fingerprint density at radius 2 is 1.96 bits per heavy atom. The fourth-order valence-corrected chi connectivity index (χ4v) is 4.16. The van der Waals surface area contributed by atoms with Crippen molar-refractivity contribution in [3.8, 4) is 5.75 Å². The van der Waals surface area contributed by atoms with Gasteiger partial charge >= 0.3 is 0 Å². The molecule has 0 bridgehead atoms. The number of anilines is 1. The minimum Gasteiger partial charge on any atom is -0.490 e. The lowest BCUT2D eigenvalue weighted by atomic mass is 9.78.